The van der Waals surface area contributed by atoms with E-state index in [1.165, 1.54) is 31.8 Å². The minimum atomic E-state index is -0.515. The predicted molar refractivity (Wildman–Crippen MR) is 114 cm³/mol. The topological polar surface area (TPSA) is 86.6 Å². The van der Waals surface area contributed by atoms with Gasteiger partial charge < -0.3 is 14.8 Å². The van der Waals surface area contributed by atoms with Gasteiger partial charge in [0, 0.05) is 5.69 Å². The first-order valence-corrected chi connectivity index (χ1v) is 9.24. The van der Waals surface area contributed by atoms with Gasteiger partial charge in [0.1, 0.15) is 11.5 Å². The Kier molecular flexibility index (Phi) is 6.01. The molecule has 0 radical (unpaired) electrons. The maximum Gasteiger partial charge on any atom is 0.266 e. The Labute approximate surface area is 173 Å². The first-order chi connectivity index (χ1) is 14.4. The highest BCUT2D eigenvalue weighted by molar-refractivity contribution is 6.07. The van der Waals surface area contributed by atoms with Crippen molar-refractivity contribution in [3.8, 4) is 17.2 Å². The van der Waals surface area contributed by atoms with Crippen LogP contribution in [0.25, 0.3) is 5.69 Å². The third kappa shape index (κ3) is 3.82. The van der Waals surface area contributed by atoms with E-state index in [0.717, 1.165) is 0 Å². The molecule has 0 aliphatic rings. The van der Waals surface area contributed by atoms with E-state index in [1.807, 2.05) is 0 Å². The number of methoxy groups -OCH3 is 2. The molecule has 0 spiro atoms. The van der Waals surface area contributed by atoms with Crippen molar-refractivity contribution in [2.24, 2.45) is 0 Å². The zero-order valence-electron chi connectivity index (χ0n) is 17.2. The van der Waals surface area contributed by atoms with E-state index in [2.05, 4.69) is 5.32 Å². The number of aromatic nitrogens is 1. The smallest absolute Gasteiger partial charge is 0.266 e. The minimum Gasteiger partial charge on any atom is -0.495 e. The molecule has 30 heavy (non-hydrogen) atoms. The first-order valence-electron chi connectivity index (χ1n) is 9.24. The van der Waals surface area contributed by atoms with Crippen LogP contribution in [0, 0.1) is 6.92 Å². The van der Waals surface area contributed by atoms with Gasteiger partial charge in [-0.2, -0.15) is 0 Å². The molecule has 1 heterocycles. The number of ketones is 1. The molecule has 3 rings (SSSR count). The fourth-order valence-electron chi connectivity index (χ4n) is 3.23. The van der Waals surface area contributed by atoms with Crippen LogP contribution in [0.15, 0.2) is 59.4 Å². The Morgan fingerprint density at radius 2 is 1.50 bits per heavy atom. The summed E-state index contributed by atoms with van der Waals surface area (Å²) in [5.74, 6) is 0.0333. The van der Waals surface area contributed by atoms with Crippen molar-refractivity contribution in [2.75, 3.05) is 19.5 Å². The average molecular weight is 406 g/mol. The Morgan fingerprint density at radius 3 is 2.13 bits per heavy atom. The van der Waals surface area contributed by atoms with Crippen molar-refractivity contribution in [3.63, 3.8) is 0 Å². The van der Waals surface area contributed by atoms with Crippen LogP contribution in [-0.2, 0) is 0 Å². The molecule has 0 fully saturated rings. The lowest BCUT2D eigenvalue weighted by molar-refractivity contribution is 0.101. The summed E-state index contributed by atoms with van der Waals surface area (Å²) in [5, 5.41) is 2.79. The predicted octanol–water partition coefficient (Wildman–Crippen LogP) is 3.62. The molecule has 0 saturated heterocycles. The lowest BCUT2D eigenvalue weighted by atomic mass is 10.1. The van der Waals surface area contributed by atoms with Gasteiger partial charge in [-0.15, -0.1) is 0 Å². The molecule has 7 nitrogen and oxygen atoms in total. The number of carbonyl (C=O) groups excluding carboxylic acids is 2. The Balaban J connectivity index is 2.21. The largest absolute Gasteiger partial charge is 0.495 e. The number of Topliss-reactive ketones (excluding diaryl/α,β-unsaturated/α-hetero) is 1. The normalized spacial score (nSPS) is 10.4. The van der Waals surface area contributed by atoms with Gasteiger partial charge >= 0.3 is 0 Å². The second-order valence-corrected chi connectivity index (χ2v) is 6.58. The summed E-state index contributed by atoms with van der Waals surface area (Å²) in [4.78, 5) is 38.3. The molecule has 0 aliphatic carbocycles. The molecular formula is C23H22N2O5. The number of pyridine rings is 1. The molecule has 0 saturated carbocycles. The average Bonchev–Trinajstić information content (AvgIpc) is 2.74. The fourth-order valence-corrected chi connectivity index (χ4v) is 3.23. The highest BCUT2D eigenvalue weighted by Crippen LogP contribution is 2.26. The van der Waals surface area contributed by atoms with Gasteiger partial charge in [0.15, 0.2) is 5.78 Å². The van der Waals surface area contributed by atoms with E-state index in [0.29, 0.717) is 28.6 Å². The number of carbonyl (C=O) groups is 2. The van der Waals surface area contributed by atoms with E-state index in [1.54, 1.807) is 55.5 Å². The number of nitrogens with one attached hydrogen (secondary N) is 1. The molecule has 1 amide bonds. The molecule has 0 bridgehead atoms. The highest BCUT2D eigenvalue weighted by atomic mass is 16.5. The molecule has 154 valence electrons. The summed E-state index contributed by atoms with van der Waals surface area (Å²) in [7, 11) is 3.00. The summed E-state index contributed by atoms with van der Waals surface area (Å²) < 4.78 is 12.0. The quantitative estimate of drug-likeness (QED) is 0.632. The SMILES string of the molecule is COc1ccccc1NC(=O)c1cc(C(C)=O)c(=O)n(-c2ccccc2OC)c1C. The standard InChI is InChI=1S/C23H22N2O5/c1-14-16(22(27)24-18-9-5-7-11-20(18)29-3)13-17(15(2)26)23(28)25(14)19-10-6-8-12-21(19)30-4/h5-13H,1-4H3,(H,24,27). The third-order valence-electron chi connectivity index (χ3n) is 4.75. The van der Waals surface area contributed by atoms with Crippen molar-refractivity contribution >= 4 is 17.4 Å². The van der Waals surface area contributed by atoms with Crippen LogP contribution in [0.4, 0.5) is 5.69 Å². The van der Waals surface area contributed by atoms with Gasteiger partial charge in [-0.1, -0.05) is 24.3 Å². The van der Waals surface area contributed by atoms with E-state index in [-0.39, 0.29) is 11.1 Å². The van der Waals surface area contributed by atoms with E-state index < -0.39 is 17.2 Å². The van der Waals surface area contributed by atoms with Crippen molar-refractivity contribution in [1.29, 1.82) is 0 Å². The zero-order chi connectivity index (χ0) is 21.8. The number of nitrogens with zero attached hydrogens (tertiary/aromatic N) is 1. The summed E-state index contributed by atoms with van der Waals surface area (Å²) in [6.07, 6.45) is 0. The van der Waals surface area contributed by atoms with E-state index in [4.69, 9.17) is 9.47 Å². The zero-order valence-corrected chi connectivity index (χ0v) is 17.2. The van der Waals surface area contributed by atoms with Crippen LogP contribution in [0.1, 0.15) is 33.3 Å². The first kappa shape index (κ1) is 20.9. The van der Waals surface area contributed by atoms with Gasteiger partial charge in [-0.05, 0) is 44.2 Å². The minimum absolute atomic E-state index is 0.0864. The fraction of sp³-hybridized carbons (Fsp3) is 0.174. The van der Waals surface area contributed by atoms with Gasteiger partial charge in [0.05, 0.1) is 36.7 Å². The summed E-state index contributed by atoms with van der Waals surface area (Å²) in [6, 6.07) is 15.2. The number of benzene rings is 2. The molecule has 7 heteroatoms. The van der Waals surface area contributed by atoms with Gasteiger partial charge in [0.2, 0.25) is 0 Å². The Bertz CT molecular complexity index is 1180. The maximum atomic E-state index is 13.1. The summed E-state index contributed by atoms with van der Waals surface area (Å²) in [6.45, 7) is 2.94. The molecular weight excluding hydrogens is 384 g/mol. The van der Waals surface area contributed by atoms with Crippen LogP contribution in [0.5, 0.6) is 11.5 Å². The molecule has 1 N–H and O–H groups in total. The van der Waals surface area contributed by atoms with Crippen LogP contribution < -0.4 is 20.3 Å². The van der Waals surface area contributed by atoms with Crippen LogP contribution in [-0.4, -0.2) is 30.5 Å². The summed E-state index contributed by atoms with van der Waals surface area (Å²) in [5.41, 5.74) is 0.884. The Hall–Kier alpha value is -3.87. The van der Waals surface area contributed by atoms with Crippen molar-refractivity contribution in [2.45, 2.75) is 13.8 Å². The Morgan fingerprint density at radius 1 is 0.900 bits per heavy atom. The molecule has 0 unspecified atom stereocenters. The summed E-state index contributed by atoms with van der Waals surface area (Å²) >= 11 is 0. The van der Waals surface area contributed by atoms with Gasteiger partial charge in [-0.25, -0.2) is 0 Å². The third-order valence-corrected chi connectivity index (χ3v) is 4.75. The maximum absolute atomic E-state index is 13.1. The number of amides is 1. The van der Waals surface area contributed by atoms with Crippen molar-refractivity contribution in [1.82, 2.24) is 4.57 Å². The molecule has 3 aromatic rings. The molecule has 2 aromatic carbocycles. The van der Waals surface area contributed by atoms with Crippen molar-refractivity contribution in [3.05, 3.63) is 81.8 Å². The second kappa shape index (κ2) is 8.65. The number of rotatable bonds is 6. The molecule has 0 aliphatic heterocycles. The lowest BCUT2D eigenvalue weighted by Gasteiger charge is -2.18. The van der Waals surface area contributed by atoms with Crippen LogP contribution in [0.3, 0.4) is 0 Å². The number of hydrogen-bond acceptors (Lipinski definition) is 5. The van der Waals surface area contributed by atoms with Gasteiger partial charge in [-0.3, -0.25) is 19.0 Å². The van der Waals surface area contributed by atoms with Crippen LogP contribution >= 0.6 is 0 Å². The van der Waals surface area contributed by atoms with E-state index >= 15 is 0 Å². The van der Waals surface area contributed by atoms with Crippen LogP contribution in [0.2, 0.25) is 0 Å². The molecule has 0 atom stereocenters. The number of ether oxygens (including phenoxy) is 2. The van der Waals surface area contributed by atoms with E-state index in [9.17, 15) is 14.4 Å². The second-order valence-electron chi connectivity index (χ2n) is 6.58. The monoisotopic (exact) mass is 406 g/mol. The highest BCUT2D eigenvalue weighted by Gasteiger charge is 2.22. The number of anilines is 1. The van der Waals surface area contributed by atoms with Gasteiger partial charge in [0.25, 0.3) is 11.5 Å². The van der Waals surface area contributed by atoms with Crippen molar-refractivity contribution < 1.29 is 19.1 Å². The lowest BCUT2D eigenvalue weighted by Crippen LogP contribution is -2.30. The molecule has 1 aromatic heterocycles. The number of para-hydroxylation sites is 4. The number of hydrogen-bond donors (Lipinski definition) is 1.